The first-order chi connectivity index (χ1) is 11.3. The smallest absolute Gasteiger partial charge is 0.119 e. The predicted octanol–water partition coefficient (Wildman–Crippen LogP) is 1.59. The van der Waals surface area contributed by atoms with Gasteiger partial charge in [0.15, 0.2) is 0 Å². The third-order valence-corrected chi connectivity index (χ3v) is 4.82. The second-order valence-corrected chi connectivity index (χ2v) is 6.44. The standard InChI is InChI=1S/C18H25N3O2/c1-15-13-20(14-18(15)21-7-9-22-10-8-21)6-11-23-17-4-2-16(12-19)3-5-17/h2-5,15,18H,6-11,13-14H2,1H3/t15-,18+/m1/s1. The molecule has 0 radical (unpaired) electrons. The van der Waals surface area contributed by atoms with E-state index in [4.69, 9.17) is 14.7 Å². The van der Waals surface area contributed by atoms with Crippen molar-refractivity contribution in [2.45, 2.75) is 13.0 Å². The van der Waals surface area contributed by atoms with E-state index in [1.165, 1.54) is 0 Å². The summed E-state index contributed by atoms with van der Waals surface area (Å²) >= 11 is 0. The lowest BCUT2D eigenvalue weighted by Crippen LogP contribution is -2.46. The molecule has 2 heterocycles. The fourth-order valence-electron chi connectivity index (χ4n) is 3.53. The van der Waals surface area contributed by atoms with E-state index < -0.39 is 0 Å². The molecule has 0 aliphatic carbocycles. The van der Waals surface area contributed by atoms with Gasteiger partial charge < -0.3 is 9.47 Å². The topological polar surface area (TPSA) is 48.7 Å². The summed E-state index contributed by atoms with van der Waals surface area (Å²) in [5.74, 6) is 1.53. The maximum absolute atomic E-state index is 8.80. The van der Waals surface area contributed by atoms with E-state index in [9.17, 15) is 0 Å². The van der Waals surface area contributed by atoms with Crippen molar-refractivity contribution in [2.24, 2.45) is 5.92 Å². The molecule has 0 saturated carbocycles. The summed E-state index contributed by atoms with van der Waals surface area (Å²) in [7, 11) is 0. The van der Waals surface area contributed by atoms with Gasteiger partial charge in [0, 0.05) is 38.8 Å². The number of hydrogen-bond donors (Lipinski definition) is 0. The molecule has 3 rings (SSSR count). The molecule has 5 nitrogen and oxygen atoms in total. The highest BCUT2D eigenvalue weighted by atomic mass is 16.5. The predicted molar refractivity (Wildman–Crippen MR) is 88.4 cm³/mol. The maximum Gasteiger partial charge on any atom is 0.119 e. The molecule has 0 spiro atoms. The first-order valence-corrected chi connectivity index (χ1v) is 8.43. The molecule has 0 amide bonds. The van der Waals surface area contributed by atoms with Gasteiger partial charge in [-0.15, -0.1) is 0 Å². The lowest BCUT2D eigenvalue weighted by atomic mass is 10.0. The molecule has 2 aliphatic heterocycles. The van der Waals surface area contributed by atoms with Crippen molar-refractivity contribution in [3.8, 4) is 11.8 Å². The van der Waals surface area contributed by atoms with E-state index in [1.54, 1.807) is 12.1 Å². The highest BCUT2D eigenvalue weighted by Gasteiger charge is 2.34. The van der Waals surface area contributed by atoms with Crippen molar-refractivity contribution in [3.05, 3.63) is 29.8 Å². The van der Waals surface area contributed by atoms with Crippen LogP contribution in [0, 0.1) is 17.2 Å². The summed E-state index contributed by atoms with van der Waals surface area (Å²) in [5.41, 5.74) is 0.666. The summed E-state index contributed by atoms with van der Waals surface area (Å²) in [4.78, 5) is 5.07. The number of benzene rings is 1. The molecule has 0 aromatic heterocycles. The van der Waals surface area contributed by atoms with Crippen LogP contribution in [0.1, 0.15) is 12.5 Å². The van der Waals surface area contributed by atoms with Gasteiger partial charge in [-0.2, -0.15) is 5.26 Å². The van der Waals surface area contributed by atoms with Crippen LogP contribution >= 0.6 is 0 Å². The summed E-state index contributed by atoms with van der Waals surface area (Å²) in [6, 6.07) is 10.1. The van der Waals surface area contributed by atoms with Crippen molar-refractivity contribution < 1.29 is 9.47 Å². The van der Waals surface area contributed by atoms with Crippen LogP contribution in [-0.2, 0) is 4.74 Å². The van der Waals surface area contributed by atoms with Crippen molar-refractivity contribution in [1.29, 1.82) is 5.26 Å². The van der Waals surface area contributed by atoms with Crippen molar-refractivity contribution in [1.82, 2.24) is 9.80 Å². The van der Waals surface area contributed by atoms with Gasteiger partial charge in [-0.1, -0.05) is 6.92 Å². The third-order valence-electron chi connectivity index (χ3n) is 4.82. The quantitative estimate of drug-likeness (QED) is 0.826. The van der Waals surface area contributed by atoms with Crippen LogP contribution in [0.3, 0.4) is 0 Å². The van der Waals surface area contributed by atoms with Crippen LogP contribution in [-0.4, -0.2) is 68.4 Å². The first-order valence-electron chi connectivity index (χ1n) is 8.43. The summed E-state index contributed by atoms with van der Waals surface area (Å²) in [6.07, 6.45) is 0. The van der Waals surface area contributed by atoms with Crippen LogP contribution in [0.25, 0.3) is 0 Å². The minimum Gasteiger partial charge on any atom is -0.492 e. The summed E-state index contributed by atoms with van der Waals surface area (Å²) < 4.78 is 11.3. The van der Waals surface area contributed by atoms with Gasteiger partial charge in [-0.25, -0.2) is 0 Å². The minimum absolute atomic E-state index is 0.647. The molecule has 2 aliphatic rings. The van der Waals surface area contributed by atoms with E-state index >= 15 is 0 Å². The van der Waals surface area contributed by atoms with E-state index in [-0.39, 0.29) is 0 Å². The molecular weight excluding hydrogens is 290 g/mol. The molecule has 5 heteroatoms. The largest absolute Gasteiger partial charge is 0.492 e. The molecule has 2 atom stereocenters. The van der Waals surface area contributed by atoms with Crippen LogP contribution < -0.4 is 4.74 Å². The Morgan fingerprint density at radius 2 is 1.96 bits per heavy atom. The van der Waals surface area contributed by atoms with Crippen LogP contribution in [0.15, 0.2) is 24.3 Å². The number of ether oxygens (including phenoxy) is 2. The maximum atomic E-state index is 8.80. The Kier molecular flexibility index (Phi) is 5.50. The number of hydrogen-bond acceptors (Lipinski definition) is 5. The Labute approximate surface area is 138 Å². The van der Waals surface area contributed by atoms with Gasteiger partial charge in [0.1, 0.15) is 12.4 Å². The molecule has 1 aromatic rings. The molecule has 23 heavy (non-hydrogen) atoms. The fraction of sp³-hybridized carbons (Fsp3) is 0.611. The van der Waals surface area contributed by atoms with Crippen molar-refractivity contribution in [3.63, 3.8) is 0 Å². The van der Waals surface area contributed by atoms with Gasteiger partial charge in [-0.05, 0) is 30.2 Å². The molecule has 1 aromatic carbocycles. The van der Waals surface area contributed by atoms with E-state index in [0.29, 0.717) is 24.1 Å². The fourth-order valence-corrected chi connectivity index (χ4v) is 3.53. The number of nitriles is 1. The lowest BCUT2D eigenvalue weighted by Gasteiger charge is -2.34. The van der Waals surface area contributed by atoms with Crippen molar-refractivity contribution >= 4 is 0 Å². The number of likely N-dealkylation sites (tertiary alicyclic amines) is 1. The van der Waals surface area contributed by atoms with Gasteiger partial charge in [0.2, 0.25) is 0 Å². The Morgan fingerprint density at radius 3 is 2.65 bits per heavy atom. The minimum atomic E-state index is 0.647. The summed E-state index contributed by atoms with van der Waals surface area (Å²) in [5, 5.41) is 8.80. The highest BCUT2D eigenvalue weighted by Crippen LogP contribution is 2.22. The zero-order valence-electron chi connectivity index (χ0n) is 13.8. The highest BCUT2D eigenvalue weighted by molar-refractivity contribution is 5.34. The molecule has 0 N–H and O–H groups in total. The lowest BCUT2D eigenvalue weighted by molar-refractivity contribution is 0.0117. The number of morpholine rings is 1. The van der Waals surface area contributed by atoms with Gasteiger partial charge in [0.25, 0.3) is 0 Å². The van der Waals surface area contributed by atoms with Gasteiger partial charge in [-0.3, -0.25) is 9.80 Å². The molecule has 2 saturated heterocycles. The van der Waals surface area contributed by atoms with Crippen LogP contribution in [0.5, 0.6) is 5.75 Å². The second-order valence-electron chi connectivity index (χ2n) is 6.44. The Balaban J connectivity index is 1.43. The van der Waals surface area contributed by atoms with E-state index in [0.717, 1.165) is 51.7 Å². The normalized spacial score (nSPS) is 26.1. The zero-order valence-corrected chi connectivity index (χ0v) is 13.8. The zero-order chi connectivity index (χ0) is 16.1. The molecule has 124 valence electrons. The Hall–Kier alpha value is -1.61. The molecule has 0 unspecified atom stereocenters. The first kappa shape index (κ1) is 16.3. The average Bonchev–Trinajstić information content (AvgIpc) is 2.97. The van der Waals surface area contributed by atoms with E-state index in [2.05, 4.69) is 22.8 Å². The Morgan fingerprint density at radius 1 is 1.22 bits per heavy atom. The molecular formula is C18H25N3O2. The molecule has 2 fully saturated rings. The number of nitrogens with zero attached hydrogens (tertiary/aromatic N) is 3. The van der Waals surface area contributed by atoms with Gasteiger partial charge >= 0.3 is 0 Å². The van der Waals surface area contributed by atoms with Crippen molar-refractivity contribution in [2.75, 3.05) is 52.5 Å². The van der Waals surface area contributed by atoms with Crippen LogP contribution in [0.2, 0.25) is 0 Å². The monoisotopic (exact) mass is 315 g/mol. The summed E-state index contributed by atoms with van der Waals surface area (Å²) in [6.45, 7) is 10.1. The molecule has 0 bridgehead atoms. The van der Waals surface area contributed by atoms with Gasteiger partial charge in [0.05, 0.1) is 24.8 Å². The third kappa shape index (κ3) is 4.23. The second kappa shape index (κ2) is 7.78. The van der Waals surface area contributed by atoms with Crippen LogP contribution in [0.4, 0.5) is 0 Å². The SMILES string of the molecule is C[C@@H]1CN(CCOc2ccc(C#N)cc2)C[C@@H]1N1CCOCC1. The average molecular weight is 315 g/mol. The van der Waals surface area contributed by atoms with E-state index in [1.807, 2.05) is 12.1 Å². The number of rotatable bonds is 5. The Bertz CT molecular complexity index is 534.